The molecule has 2 atom stereocenters. The summed E-state index contributed by atoms with van der Waals surface area (Å²) < 4.78 is 53.8. The number of aromatic nitrogens is 1. The number of halogens is 4. The summed E-state index contributed by atoms with van der Waals surface area (Å²) in [5.41, 5.74) is 0.615. The number of aromatic carboxylic acids is 1. The van der Waals surface area contributed by atoms with E-state index in [4.69, 9.17) is 26.2 Å². The molecular formula is C25H20ClF3N2O5. The van der Waals surface area contributed by atoms with Crippen molar-refractivity contribution in [3.63, 3.8) is 0 Å². The van der Waals surface area contributed by atoms with Crippen LogP contribution in [-0.4, -0.2) is 41.8 Å². The Hall–Kier alpha value is -3.79. The maximum atomic E-state index is 14.3. The molecule has 1 aromatic heterocycles. The van der Waals surface area contributed by atoms with Gasteiger partial charge in [-0.3, -0.25) is 4.79 Å². The van der Waals surface area contributed by atoms with E-state index in [2.05, 4.69) is 4.98 Å². The fraction of sp³-hybridized carbons (Fsp3) is 0.240. The first-order valence-electron chi connectivity index (χ1n) is 10.7. The van der Waals surface area contributed by atoms with Crippen LogP contribution < -0.4 is 14.4 Å². The minimum atomic E-state index is -4.60. The Morgan fingerprint density at radius 1 is 1.19 bits per heavy atom. The molecule has 1 aliphatic heterocycles. The van der Waals surface area contributed by atoms with Crippen LogP contribution in [0.25, 0.3) is 0 Å². The average molecular weight is 521 g/mol. The second-order valence-electron chi connectivity index (χ2n) is 8.25. The summed E-state index contributed by atoms with van der Waals surface area (Å²) in [7, 11) is 1.53. The van der Waals surface area contributed by atoms with E-state index >= 15 is 0 Å². The molecule has 0 aliphatic carbocycles. The molecule has 36 heavy (non-hydrogen) atoms. The number of alkyl halides is 3. The van der Waals surface area contributed by atoms with E-state index in [1.807, 2.05) is 0 Å². The zero-order chi connectivity index (χ0) is 26.2. The summed E-state index contributed by atoms with van der Waals surface area (Å²) in [6.07, 6.45) is -3.47. The Morgan fingerprint density at radius 3 is 2.56 bits per heavy atom. The second-order valence-corrected chi connectivity index (χ2v) is 8.66. The van der Waals surface area contributed by atoms with Crippen molar-refractivity contribution in [1.82, 2.24) is 4.98 Å². The van der Waals surface area contributed by atoms with Crippen molar-refractivity contribution >= 4 is 29.2 Å². The monoisotopic (exact) mass is 520 g/mol. The molecule has 188 valence electrons. The van der Waals surface area contributed by atoms with Crippen molar-refractivity contribution in [2.75, 3.05) is 18.6 Å². The predicted molar refractivity (Wildman–Crippen MR) is 125 cm³/mol. The number of likely N-dealkylation sites (N-methyl/N-ethyl adjacent to an activating group) is 1. The molecule has 0 spiro atoms. The van der Waals surface area contributed by atoms with Gasteiger partial charge in [0.1, 0.15) is 11.5 Å². The van der Waals surface area contributed by atoms with Gasteiger partial charge in [-0.2, -0.15) is 13.2 Å². The summed E-state index contributed by atoms with van der Waals surface area (Å²) in [5, 5.41) is 9.01. The number of anilines is 1. The van der Waals surface area contributed by atoms with E-state index < -0.39 is 24.0 Å². The summed E-state index contributed by atoms with van der Waals surface area (Å²) in [6, 6.07) is 11.1. The molecule has 0 saturated heterocycles. The average Bonchev–Trinajstić information content (AvgIpc) is 2.81. The number of rotatable bonds is 6. The number of benzene rings is 2. The Labute approximate surface area is 209 Å². The van der Waals surface area contributed by atoms with Gasteiger partial charge in [-0.05, 0) is 47.4 Å². The number of hydrogen-bond acceptors (Lipinski definition) is 5. The number of carboxylic acids is 1. The Balaban J connectivity index is 1.61. The van der Waals surface area contributed by atoms with Gasteiger partial charge in [0, 0.05) is 24.3 Å². The number of ether oxygens (including phenoxy) is 2. The van der Waals surface area contributed by atoms with Gasteiger partial charge in [0.15, 0.2) is 6.61 Å². The second kappa shape index (κ2) is 9.69. The van der Waals surface area contributed by atoms with Gasteiger partial charge >= 0.3 is 12.1 Å². The minimum absolute atomic E-state index is 0.0180. The topological polar surface area (TPSA) is 89.0 Å². The van der Waals surface area contributed by atoms with Gasteiger partial charge < -0.3 is 19.5 Å². The van der Waals surface area contributed by atoms with Crippen molar-refractivity contribution in [1.29, 1.82) is 0 Å². The van der Waals surface area contributed by atoms with Gasteiger partial charge in [0.2, 0.25) is 5.88 Å². The van der Waals surface area contributed by atoms with Crippen LogP contribution in [0.3, 0.4) is 0 Å². The number of carbonyl (C=O) groups is 2. The lowest BCUT2D eigenvalue weighted by molar-refractivity contribution is -0.154. The molecule has 0 fully saturated rings. The Kier molecular flexibility index (Phi) is 6.81. The van der Waals surface area contributed by atoms with E-state index in [0.29, 0.717) is 5.69 Å². The largest absolute Gasteiger partial charge is 0.482 e. The molecular weight excluding hydrogens is 501 g/mol. The highest BCUT2D eigenvalue weighted by atomic mass is 35.5. The van der Waals surface area contributed by atoms with Crippen LogP contribution in [0.4, 0.5) is 18.9 Å². The molecule has 4 rings (SSSR count). The zero-order valence-electron chi connectivity index (χ0n) is 19.0. The lowest BCUT2D eigenvalue weighted by Gasteiger charge is -2.30. The number of carboxylic acid groups (broad SMARTS) is 1. The molecule has 1 N–H and O–H groups in total. The summed E-state index contributed by atoms with van der Waals surface area (Å²) in [5.74, 6) is -3.87. The molecule has 3 aromatic rings. The van der Waals surface area contributed by atoms with Crippen molar-refractivity contribution in [2.45, 2.75) is 24.9 Å². The van der Waals surface area contributed by atoms with Crippen LogP contribution in [0.15, 0.2) is 54.7 Å². The minimum Gasteiger partial charge on any atom is -0.482 e. The molecule has 1 amide bonds. The molecule has 1 aliphatic rings. The highest BCUT2D eigenvalue weighted by Gasteiger charge is 2.45. The lowest BCUT2D eigenvalue weighted by Crippen LogP contribution is -2.35. The smallest absolute Gasteiger partial charge is 0.396 e. The molecule has 2 heterocycles. The van der Waals surface area contributed by atoms with E-state index in [1.165, 1.54) is 67.4 Å². The fourth-order valence-corrected chi connectivity index (χ4v) is 4.40. The highest BCUT2D eigenvalue weighted by molar-refractivity contribution is 6.31. The van der Waals surface area contributed by atoms with E-state index in [1.54, 1.807) is 0 Å². The third-order valence-corrected chi connectivity index (χ3v) is 6.28. The van der Waals surface area contributed by atoms with Crippen LogP contribution in [0.5, 0.6) is 17.4 Å². The summed E-state index contributed by atoms with van der Waals surface area (Å²) in [4.78, 5) is 28.0. The number of pyridine rings is 1. The standard InChI is InChI=1S/C25H20ClF3N2O5/c1-13(17-6-5-16(10-18(17)26)36-21-8-4-15(11-30-21)24(33)34)23(25(27,28)29)14-3-7-19-20(9-14)35-12-22(32)31(19)2/h3-11,13,23H,12H2,1-2H3,(H,33,34). The first-order valence-corrected chi connectivity index (χ1v) is 11.1. The Bertz CT molecular complexity index is 1310. The molecule has 0 bridgehead atoms. The highest BCUT2D eigenvalue weighted by Crippen LogP contribution is 2.48. The van der Waals surface area contributed by atoms with Gasteiger partial charge in [-0.15, -0.1) is 0 Å². The number of carbonyl (C=O) groups excluding carboxylic acids is 1. The maximum absolute atomic E-state index is 14.3. The molecule has 0 saturated carbocycles. The van der Waals surface area contributed by atoms with E-state index in [0.717, 1.165) is 6.20 Å². The molecule has 0 radical (unpaired) electrons. The van der Waals surface area contributed by atoms with Crippen LogP contribution >= 0.6 is 11.6 Å². The van der Waals surface area contributed by atoms with Crippen LogP contribution in [0.1, 0.15) is 40.2 Å². The van der Waals surface area contributed by atoms with Gasteiger partial charge in [0.05, 0.1) is 17.2 Å². The summed E-state index contributed by atoms with van der Waals surface area (Å²) >= 11 is 6.38. The van der Waals surface area contributed by atoms with Crippen LogP contribution in [0, 0.1) is 0 Å². The number of fused-ring (bicyclic) bond motifs is 1. The van der Waals surface area contributed by atoms with Crippen LogP contribution in [0.2, 0.25) is 5.02 Å². The first kappa shape index (κ1) is 25.3. The number of hydrogen-bond donors (Lipinski definition) is 1. The normalized spacial score (nSPS) is 15.1. The van der Waals surface area contributed by atoms with Crippen LogP contribution in [-0.2, 0) is 4.79 Å². The lowest BCUT2D eigenvalue weighted by atomic mass is 9.82. The number of nitrogens with zero attached hydrogens (tertiary/aromatic N) is 2. The zero-order valence-corrected chi connectivity index (χ0v) is 19.8. The van der Waals surface area contributed by atoms with Crippen molar-refractivity contribution in [2.24, 2.45) is 0 Å². The molecule has 7 nitrogen and oxygen atoms in total. The fourth-order valence-electron chi connectivity index (χ4n) is 4.06. The molecule has 11 heteroatoms. The van der Waals surface area contributed by atoms with Crippen molar-refractivity contribution < 1.29 is 37.3 Å². The SMILES string of the molecule is CC(c1ccc(Oc2ccc(C(=O)O)cn2)cc1Cl)C(c1ccc2c(c1)OCC(=O)N2C)C(F)(F)F. The quantitative estimate of drug-likeness (QED) is 0.427. The van der Waals surface area contributed by atoms with Gasteiger partial charge in [-0.1, -0.05) is 30.7 Å². The summed E-state index contributed by atoms with van der Waals surface area (Å²) in [6.45, 7) is 1.18. The third kappa shape index (κ3) is 5.08. The predicted octanol–water partition coefficient (Wildman–Crippen LogP) is 6.03. The van der Waals surface area contributed by atoms with Crippen molar-refractivity contribution in [3.8, 4) is 17.4 Å². The van der Waals surface area contributed by atoms with E-state index in [-0.39, 0.29) is 51.6 Å². The van der Waals surface area contributed by atoms with Gasteiger partial charge in [-0.25, -0.2) is 9.78 Å². The first-order chi connectivity index (χ1) is 17.0. The van der Waals surface area contributed by atoms with E-state index in [9.17, 15) is 22.8 Å². The van der Waals surface area contributed by atoms with Crippen molar-refractivity contribution in [3.05, 3.63) is 76.4 Å². The Morgan fingerprint density at radius 2 is 1.94 bits per heavy atom. The number of amides is 1. The third-order valence-electron chi connectivity index (χ3n) is 5.95. The molecule has 2 unspecified atom stereocenters. The maximum Gasteiger partial charge on any atom is 0.396 e. The van der Waals surface area contributed by atoms with Gasteiger partial charge in [0.25, 0.3) is 5.91 Å². The molecule has 2 aromatic carbocycles.